The fraction of sp³-hybridized carbons (Fsp3) is 0.267. The van der Waals surface area contributed by atoms with Gasteiger partial charge in [-0.05, 0) is 24.3 Å². The number of ether oxygens (including phenoxy) is 2. The van der Waals surface area contributed by atoms with Crippen LogP contribution in [0.1, 0.15) is 12.5 Å². The van der Waals surface area contributed by atoms with Gasteiger partial charge in [0, 0.05) is 19.5 Å². The van der Waals surface area contributed by atoms with Gasteiger partial charge in [-0.25, -0.2) is 0 Å². The van der Waals surface area contributed by atoms with Crippen LogP contribution in [0.2, 0.25) is 0 Å². The molecule has 22 heavy (non-hydrogen) atoms. The number of amides is 2. The van der Waals surface area contributed by atoms with Gasteiger partial charge >= 0.3 is 0 Å². The summed E-state index contributed by atoms with van der Waals surface area (Å²) in [5.41, 5.74) is 1.01. The highest BCUT2D eigenvalue weighted by atomic mass is 16.5. The quantitative estimate of drug-likeness (QED) is 0.843. The highest BCUT2D eigenvalue weighted by molar-refractivity contribution is 6.15. The van der Waals surface area contributed by atoms with E-state index in [1.54, 1.807) is 45.5 Å². The molecule has 0 bridgehead atoms. The van der Waals surface area contributed by atoms with Crippen molar-refractivity contribution < 1.29 is 19.1 Å². The number of rotatable bonds is 3. The Labute approximate surface area is 128 Å². The van der Waals surface area contributed by atoms with Crippen molar-refractivity contribution in [3.8, 4) is 11.5 Å². The van der Waals surface area contributed by atoms with Crippen LogP contribution in [0.5, 0.6) is 11.5 Å². The van der Waals surface area contributed by atoms with Gasteiger partial charge in [-0.3, -0.25) is 14.9 Å². The van der Waals surface area contributed by atoms with Gasteiger partial charge in [-0.2, -0.15) is 4.99 Å². The molecule has 0 saturated heterocycles. The molecule has 0 aliphatic carbocycles. The molecule has 0 unspecified atom stereocenters. The Hall–Kier alpha value is -2.83. The third-order valence-corrected chi connectivity index (χ3v) is 3.12. The van der Waals surface area contributed by atoms with Crippen molar-refractivity contribution in [2.45, 2.75) is 6.92 Å². The standard InChI is InChI=1S/C15H17N3O4/c1-9(19)16-15-17-14(20)12(18(15)2)8-10-7-11(21-3)5-6-13(10)22-4/h5-8H,1-4H3,(H,16,17,19,20). The molecular formula is C15H17N3O4. The Kier molecular flexibility index (Phi) is 4.45. The summed E-state index contributed by atoms with van der Waals surface area (Å²) in [6.45, 7) is 1.35. The van der Waals surface area contributed by atoms with Crippen LogP contribution >= 0.6 is 0 Å². The fourth-order valence-electron chi connectivity index (χ4n) is 2.01. The zero-order valence-corrected chi connectivity index (χ0v) is 12.8. The first-order valence-corrected chi connectivity index (χ1v) is 6.54. The number of nitrogens with one attached hydrogen (secondary N) is 1. The molecule has 0 aromatic heterocycles. The molecule has 0 saturated carbocycles. The van der Waals surface area contributed by atoms with E-state index in [-0.39, 0.29) is 11.9 Å². The molecular weight excluding hydrogens is 286 g/mol. The predicted molar refractivity (Wildman–Crippen MR) is 81.5 cm³/mol. The number of benzene rings is 1. The maximum absolute atomic E-state index is 12.0. The summed E-state index contributed by atoms with van der Waals surface area (Å²) < 4.78 is 10.5. The molecule has 7 heteroatoms. The van der Waals surface area contributed by atoms with E-state index in [0.29, 0.717) is 22.8 Å². The average Bonchev–Trinajstić information content (AvgIpc) is 2.74. The molecule has 1 aromatic rings. The first-order valence-electron chi connectivity index (χ1n) is 6.54. The summed E-state index contributed by atoms with van der Waals surface area (Å²) >= 11 is 0. The number of carbonyl (C=O) groups is 2. The topological polar surface area (TPSA) is 80.2 Å². The molecule has 1 N–H and O–H groups in total. The van der Waals surface area contributed by atoms with E-state index in [1.807, 2.05) is 0 Å². The minimum atomic E-state index is -0.434. The van der Waals surface area contributed by atoms with Crippen LogP contribution in [-0.4, -0.2) is 43.9 Å². The summed E-state index contributed by atoms with van der Waals surface area (Å²) in [5.74, 6) is 0.714. The monoisotopic (exact) mass is 303 g/mol. The lowest BCUT2D eigenvalue weighted by Crippen LogP contribution is -2.37. The Morgan fingerprint density at radius 2 is 2.05 bits per heavy atom. The maximum Gasteiger partial charge on any atom is 0.296 e. The molecule has 1 heterocycles. The smallest absolute Gasteiger partial charge is 0.296 e. The molecule has 0 radical (unpaired) electrons. The van der Waals surface area contributed by atoms with Crippen molar-refractivity contribution in [3.63, 3.8) is 0 Å². The summed E-state index contributed by atoms with van der Waals surface area (Å²) in [4.78, 5) is 28.5. The Balaban J connectivity index is 2.38. The van der Waals surface area contributed by atoms with Crippen LogP contribution in [0.3, 0.4) is 0 Å². The summed E-state index contributed by atoms with van der Waals surface area (Å²) in [7, 11) is 4.75. The second-order valence-electron chi connectivity index (χ2n) is 4.62. The molecule has 0 atom stereocenters. The van der Waals surface area contributed by atoms with E-state index in [1.165, 1.54) is 11.8 Å². The van der Waals surface area contributed by atoms with Gasteiger partial charge < -0.3 is 14.4 Å². The van der Waals surface area contributed by atoms with Crippen LogP contribution in [0.4, 0.5) is 0 Å². The summed E-state index contributed by atoms with van der Waals surface area (Å²) in [5, 5.41) is 2.51. The maximum atomic E-state index is 12.0. The number of aliphatic imine (C=N–C) groups is 1. The molecule has 0 spiro atoms. The lowest BCUT2D eigenvalue weighted by Gasteiger charge is -2.15. The van der Waals surface area contributed by atoms with Crippen LogP contribution in [-0.2, 0) is 9.59 Å². The second kappa shape index (κ2) is 6.30. The number of carbonyl (C=O) groups excluding carboxylic acids is 2. The van der Waals surface area contributed by atoms with Gasteiger partial charge in [-0.1, -0.05) is 0 Å². The van der Waals surface area contributed by atoms with Crippen LogP contribution in [0.25, 0.3) is 6.08 Å². The van der Waals surface area contributed by atoms with Gasteiger partial charge in [0.25, 0.3) is 5.91 Å². The van der Waals surface area contributed by atoms with E-state index in [2.05, 4.69) is 10.3 Å². The molecule has 1 aromatic carbocycles. The van der Waals surface area contributed by atoms with E-state index in [9.17, 15) is 9.59 Å². The average molecular weight is 303 g/mol. The lowest BCUT2D eigenvalue weighted by molar-refractivity contribution is -0.117. The third-order valence-electron chi connectivity index (χ3n) is 3.12. The van der Waals surface area contributed by atoms with Crippen LogP contribution < -0.4 is 14.8 Å². The van der Waals surface area contributed by atoms with Gasteiger partial charge in [-0.15, -0.1) is 0 Å². The van der Waals surface area contributed by atoms with E-state index >= 15 is 0 Å². The zero-order chi connectivity index (χ0) is 16.3. The Bertz CT molecular complexity index is 679. The van der Waals surface area contributed by atoms with E-state index < -0.39 is 5.91 Å². The first kappa shape index (κ1) is 15.6. The normalized spacial score (nSPS) is 15.8. The number of guanidine groups is 1. The van der Waals surface area contributed by atoms with Crippen LogP contribution in [0, 0.1) is 0 Å². The zero-order valence-electron chi connectivity index (χ0n) is 12.8. The van der Waals surface area contributed by atoms with Gasteiger partial charge in [0.2, 0.25) is 11.9 Å². The molecule has 1 aliphatic rings. The van der Waals surface area contributed by atoms with Crippen molar-refractivity contribution in [2.75, 3.05) is 21.3 Å². The van der Waals surface area contributed by atoms with Crippen molar-refractivity contribution in [1.82, 2.24) is 10.2 Å². The van der Waals surface area contributed by atoms with E-state index in [4.69, 9.17) is 9.47 Å². The molecule has 1 aliphatic heterocycles. The van der Waals surface area contributed by atoms with Crippen molar-refractivity contribution in [3.05, 3.63) is 29.5 Å². The highest BCUT2D eigenvalue weighted by Gasteiger charge is 2.27. The SMILES string of the molecule is COc1ccc(OC)c(C=C2C(=O)N=C(NC(C)=O)N2C)c1. The molecule has 116 valence electrons. The van der Waals surface area contributed by atoms with Gasteiger partial charge in [0.1, 0.15) is 17.2 Å². The first-order chi connectivity index (χ1) is 10.5. The van der Waals surface area contributed by atoms with Crippen LogP contribution in [0.15, 0.2) is 28.9 Å². The van der Waals surface area contributed by atoms with E-state index in [0.717, 1.165) is 0 Å². The minimum Gasteiger partial charge on any atom is -0.497 e. The fourth-order valence-corrected chi connectivity index (χ4v) is 2.01. The lowest BCUT2D eigenvalue weighted by atomic mass is 10.1. The second-order valence-corrected chi connectivity index (χ2v) is 4.62. The van der Waals surface area contributed by atoms with Crippen molar-refractivity contribution in [1.29, 1.82) is 0 Å². The Morgan fingerprint density at radius 3 is 2.64 bits per heavy atom. The third kappa shape index (κ3) is 3.08. The van der Waals surface area contributed by atoms with Crippen molar-refractivity contribution >= 4 is 23.8 Å². The molecule has 0 fully saturated rings. The minimum absolute atomic E-state index is 0.200. The van der Waals surface area contributed by atoms with Gasteiger partial charge in [0.05, 0.1) is 14.2 Å². The molecule has 2 amide bonds. The number of hydrogen-bond acceptors (Lipinski definition) is 5. The number of methoxy groups -OCH3 is 2. The summed E-state index contributed by atoms with van der Waals surface area (Å²) in [6, 6.07) is 5.27. The largest absolute Gasteiger partial charge is 0.497 e. The highest BCUT2D eigenvalue weighted by Crippen LogP contribution is 2.27. The predicted octanol–water partition coefficient (Wildman–Crippen LogP) is 1.01. The molecule has 2 rings (SSSR count). The summed E-state index contributed by atoms with van der Waals surface area (Å²) in [6.07, 6.45) is 1.64. The number of nitrogens with zero attached hydrogens (tertiary/aromatic N) is 2. The Morgan fingerprint density at radius 1 is 1.32 bits per heavy atom. The van der Waals surface area contributed by atoms with Crippen molar-refractivity contribution in [2.24, 2.45) is 4.99 Å². The number of hydrogen-bond donors (Lipinski definition) is 1. The molecule has 7 nitrogen and oxygen atoms in total. The number of likely N-dealkylation sites (N-methyl/N-ethyl adjacent to an activating group) is 1. The van der Waals surface area contributed by atoms with Gasteiger partial charge in [0.15, 0.2) is 0 Å².